The molecule has 2 atom stereocenters. The summed E-state index contributed by atoms with van der Waals surface area (Å²) in [6.45, 7) is 10.5. The monoisotopic (exact) mass is 213 g/mol. The van der Waals surface area contributed by atoms with Crippen LogP contribution < -0.4 is 5.32 Å². The van der Waals surface area contributed by atoms with E-state index in [0.29, 0.717) is 17.9 Å². The zero-order valence-electron chi connectivity index (χ0n) is 10.8. The molecule has 1 fully saturated rings. The molecule has 0 aromatic heterocycles. The SMILES string of the molecule is CCNC1(CCO)CCC(C)(C)CC1C. The molecule has 0 spiro atoms. The van der Waals surface area contributed by atoms with Gasteiger partial charge in [-0.3, -0.25) is 0 Å². The van der Waals surface area contributed by atoms with Crippen LogP contribution in [-0.2, 0) is 0 Å². The average Bonchev–Trinajstić information content (AvgIpc) is 2.12. The first-order valence-corrected chi connectivity index (χ1v) is 6.32. The average molecular weight is 213 g/mol. The van der Waals surface area contributed by atoms with E-state index in [4.69, 9.17) is 0 Å². The number of aliphatic hydroxyl groups excluding tert-OH is 1. The van der Waals surface area contributed by atoms with Crippen molar-refractivity contribution < 1.29 is 5.11 Å². The highest BCUT2D eigenvalue weighted by atomic mass is 16.3. The molecule has 2 unspecified atom stereocenters. The van der Waals surface area contributed by atoms with Gasteiger partial charge in [0.2, 0.25) is 0 Å². The van der Waals surface area contributed by atoms with E-state index < -0.39 is 0 Å². The van der Waals surface area contributed by atoms with E-state index in [2.05, 4.69) is 33.0 Å². The Labute approximate surface area is 94.5 Å². The van der Waals surface area contributed by atoms with Crippen LogP contribution >= 0.6 is 0 Å². The van der Waals surface area contributed by atoms with E-state index in [-0.39, 0.29) is 5.54 Å². The van der Waals surface area contributed by atoms with Crippen LogP contribution in [0.15, 0.2) is 0 Å². The lowest BCUT2D eigenvalue weighted by molar-refractivity contribution is 0.0542. The first kappa shape index (κ1) is 13.0. The van der Waals surface area contributed by atoms with E-state index in [1.807, 2.05) is 0 Å². The fraction of sp³-hybridized carbons (Fsp3) is 1.00. The molecule has 1 aliphatic rings. The lowest BCUT2D eigenvalue weighted by Gasteiger charge is -2.49. The van der Waals surface area contributed by atoms with Crippen LogP contribution in [0, 0.1) is 11.3 Å². The number of rotatable bonds is 4. The Balaban J connectivity index is 2.72. The van der Waals surface area contributed by atoms with Crippen LogP contribution in [0.2, 0.25) is 0 Å². The maximum atomic E-state index is 9.22. The van der Waals surface area contributed by atoms with Gasteiger partial charge in [-0.25, -0.2) is 0 Å². The lowest BCUT2D eigenvalue weighted by atomic mass is 9.63. The highest BCUT2D eigenvalue weighted by Gasteiger charge is 2.42. The summed E-state index contributed by atoms with van der Waals surface area (Å²) in [6.07, 6.45) is 4.64. The molecule has 1 aliphatic carbocycles. The molecule has 2 heteroatoms. The maximum absolute atomic E-state index is 9.22. The van der Waals surface area contributed by atoms with Crippen LogP contribution in [0.5, 0.6) is 0 Å². The van der Waals surface area contributed by atoms with Crippen LogP contribution in [0.1, 0.15) is 53.4 Å². The summed E-state index contributed by atoms with van der Waals surface area (Å²) in [4.78, 5) is 0. The fourth-order valence-corrected chi connectivity index (χ4v) is 3.21. The third-order valence-electron chi connectivity index (χ3n) is 4.14. The van der Waals surface area contributed by atoms with Gasteiger partial charge in [-0.2, -0.15) is 0 Å². The summed E-state index contributed by atoms with van der Waals surface area (Å²) in [5, 5.41) is 12.8. The first-order valence-electron chi connectivity index (χ1n) is 6.32. The minimum atomic E-state index is 0.193. The third-order valence-corrected chi connectivity index (χ3v) is 4.14. The molecule has 1 rings (SSSR count). The second-order valence-corrected chi connectivity index (χ2v) is 5.93. The van der Waals surface area contributed by atoms with E-state index in [9.17, 15) is 5.11 Å². The Morgan fingerprint density at radius 2 is 2.00 bits per heavy atom. The number of aliphatic hydroxyl groups is 1. The highest BCUT2D eigenvalue weighted by Crippen LogP contribution is 2.45. The number of nitrogens with one attached hydrogen (secondary N) is 1. The molecule has 0 saturated heterocycles. The van der Waals surface area contributed by atoms with Crippen molar-refractivity contribution >= 4 is 0 Å². The van der Waals surface area contributed by atoms with Crippen molar-refractivity contribution in [1.29, 1.82) is 0 Å². The topological polar surface area (TPSA) is 32.3 Å². The van der Waals surface area contributed by atoms with Gasteiger partial charge in [0.25, 0.3) is 0 Å². The maximum Gasteiger partial charge on any atom is 0.0448 e. The van der Waals surface area contributed by atoms with Crippen molar-refractivity contribution in [3.63, 3.8) is 0 Å². The summed E-state index contributed by atoms with van der Waals surface area (Å²) >= 11 is 0. The highest BCUT2D eigenvalue weighted by molar-refractivity contribution is 4.99. The van der Waals surface area contributed by atoms with Crippen LogP contribution in [-0.4, -0.2) is 23.8 Å². The second-order valence-electron chi connectivity index (χ2n) is 5.93. The Bertz CT molecular complexity index is 195. The molecule has 0 aliphatic heterocycles. The van der Waals surface area contributed by atoms with Gasteiger partial charge in [-0.1, -0.05) is 27.7 Å². The van der Waals surface area contributed by atoms with Gasteiger partial charge >= 0.3 is 0 Å². The van der Waals surface area contributed by atoms with Crippen molar-refractivity contribution in [2.24, 2.45) is 11.3 Å². The molecule has 2 nitrogen and oxygen atoms in total. The molecule has 0 amide bonds. The van der Waals surface area contributed by atoms with Gasteiger partial charge in [0.1, 0.15) is 0 Å². The van der Waals surface area contributed by atoms with Gasteiger partial charge in [0, 0.05) is 12.1 Å². The molecule has 90 valence electrons. The Kier molecular flexibility index (Phi) is 4.19. The molecule has 2 N–H and O–H groups in total. The van der Waals surface area contributed by atoms with Crippen molar-refractivity contribution in [3.05, 3.63) is 0 Å². The number of hydrogen-bond acceptors (Lipinski definition) is 2. The normalized spacial score (nSPS) is 35.4. The van der Waals surface area contributed by atoms with Crippen LogP contribution in [0.3, 0.4) is 0 Å². The summed E-state index contributed by atoms with van der Waals surface area (Å²) in [7, 11) is 0. The van der Waals surface area contributed by atoms with Gasteiger partial charge in [-0.15, -0.1) is 0 Å². The molecule has 0 aromatic carbocycles. The second kappa shape index (κ2) is 4.84. The Morgan fingerprint density at radius 1 is 1.33 bits per heavy atom. The number of hydrogen-bond donors (Lipinski definition) is 2. The molecule has 0 heterocycles. The summed E-state index contributed by atoms with van der Waals surface area (Å²) in [5.41, 5.74) is 0.673. The predicted octanol–water partition coefficient (Wildman–Crippen LogP) is 2.56. The van der Waals surface area contributed by atoms with Gasteiger partial charge in [0.15, 0.2) is 0 Å². The molecule has 15 heavy (non-hydrogen) atoms. The molecular weight excluding hydrogens is 186 g/mol. The van der Waals surface area contributed by atoms with E-state index in [1.165, 1.54) is 19.3 Å². The lowest BCUT2D eigenvalue weighted by Crippen LogP contribution is -2.55. The van der Waals surface area contributed by atoms with Crippen LogP contribution in [0.25, 0.3) is 0 Å². The minimum Gasteiger partial charge on any atom is -0.396 e. The van der Waals surface area contributed by atoms with E-state index in [0.717, 1.165) is 13.0 Å². The van der Waals surface area contributed by atoms with Crippen molar-refractivity contribution in [1.82, 2.24) is 5.32 Å². The predicted molar refractivity (Wildman–Crippen MR) is 64.9 cm³/mol. The summed E-state index contributed by atoms with van der Waals surface area (Å²) < 4.78 is 0. The van der Waals surface area contributed by atoms with Crippen molar-refractivity contribution in [2.45, 2.75) is 58.9 Å². The molecule has 0 bridgehead atoms. The standard InChI is InChI=1S/C13H27NO/c1-5-14-13(8-9-15)7-6-12(3,4)10-11(13)2/h11,14-15H,5-10H2,1-4H3. The summed E-state index contributed by atoms with van der Waals surface area (Å²) in [6, 6.07) is 0. The van der Waals surface area contributed by atoms with Crippen molar-refractivity contribution in [2.75, 3.05) is 13.2 Å². The van der Waals surface area contributed by atoms with Crippen LogP contribution in [0.4, 0.5) is 0 Å². The smallest absolute Gasteiger partial charge is 0.0448 e. The van der Waals surface area contributed by atoms with Gasteiger partial charge in [-0.05, 0) is 43.6 Å². The van der Waals surface area contributed by atoms with Gasteiger partial charge < -0.3 is 10.4 Å². The fourth-order valence-electron chi connectivity index (χ4n) is 3.21. The van der Waals surface area contributed by atoms with Crippen molar-refractivity contribution in [3.8, 4) is 0 Å². The molecule has 0 radical (unpaired) electrons. The van der Waals surface area contributed by atoms with E-state index in [1.54, 1.807) is 0 Å². The van der Waals surface area contributed by atoms with Gasteiger partial charge in [0.05, 0.1) is 0 Å². The minimum absolute atomic E-state index is 0.193. The van der Waals surface area contributed by atoms with E-state index >= 15 is 0 Å². The Hall–Kier alpha value is -0.0800. The first-order chi connectivity index (χ1) is 6.96. The summed E-state index contributed by atoms with van der Waals surface area (Å²) in [5.74, 6) is 0.661. The quantitative estimate of drug-likeness (QED) is 0.752. The largest absolute Gasteiger partial charge is 0.396 e. The zero-order valence-corrected chi connectivity index (χ0v) is 10.8. The molecule has 0 aromatic rings. The Morgan fingerprint density at radius 3 is 2.47 bits per heavy atom. The molecule has 1 saturated carbocycles. The third kappa shape index (κ3) is 2.94. The molecular formula is C13H27NO. The zero-order chi connectivity index (χ0) is 11.5.